The second-order valence-corrected chi connectivity index (χ2v) is 10.2. The molecule has 0 bridgehead atoms. The summed E-state index contributed by atoms with van der Waals surface area (Å²) in [6.45, 7) is 2.99. The number of fused-ring (bicyclic) bond motifs is 1. The summed E-state index contributed by atoms with van der Waals surface area (Å²) < 4.78 is 15.6. The molecule has 1 aliphatic rings. The van der Waals surface area contributed by atoms with Crippen LogP contribution in [0.5, 0.6) is 0 Å². The van der Waals surface area contributed by atoms with Crippen LogP contribution in [-0.2, 0) is 0 Å². The highest BCUT2D eigenvalue weighted by atomic mass is 32.1. The van der Waals surface area contributed by atoms with E-state index in [0.29, 0.717) is 40.8 Å². The first-order valence-electron chi connectivity index (χ1n) is 10.9. The van der Waals surface area contributed by atoms with Crippen molar-refractivity contribution in [3.05, 3.63) is 58.7 Å². The Morgan fingerprint density at radius 1 is 1.32 bits per heavy atom. The minimum Gasteiger partial charge on any atom is -0.375 e. The fourth-order valence-corrected chi connectivity index (χ4v) is 5.48. The first-order valence-corrected chi connectivity index (χ1v) is 12.6. The largest absolute Gasteiger partial charge is 0.375 e. The highest BCUT2D eigenvalue weighted by molar-refractivity contribution is 7.19. The number of hydrogen-bond acceptors (Lipinski definition) is 7. The Hall–Kier alpha value is -3.31. The van der Waals surface area contributed by atoms with Crippen LogP contribution in [0.1, 0.15) is 39.5 Å². The van der Waals surface area contributed by atoms with E-state index in [0.717, 1.165) is 29.1 Å². The van der Waals surface area contributed by atoms with Gasteiger partial charge in [0.05, 0.1) is 10.6 Å². The van der Waals surface area contributed by atoms with E-state index < -0.39 is 5.82 Å². The molecule has 1 saturated carbocycles. The van der Waals surface area contributed by atoms with Gasteiger partial charge in [0, 0.05) is 31.2 Å². The van der Waals surface area contributed by atoms with Crippen LogP contribution in [0.25, 0.3) is 15.4 Å². The molecular formula is C23H23FN6O2S2. The molecule has 0 radical (unpaired) electrons. The second kappa shape index (κ2) is 9.15. The number of amides is 2. The van der Waals surface area contributed by atoms with Gasteiger partial charge in [0.2, 0.25) is 0 Å². The number of rotatable bonds is 8. The lowest BCUT2D eigenvalue weighted by Gasteiger charge is -2.22. The Morgan fingerprint density at radius 2 is 2.15 bits per heavy atom. The number of carbonyl (C=O) groups is 2. The monoisotopic (exact) mass is 498 g/mol. The van der Waals surface area contributed by atoms with Crippen LogP contribution in [0.4, 0.5) is 9.52 Å². The number of carbonyl (C=O) groups excluding carboxylic acids is 2. The Bertz CT molecular complexity index is 1370. The number of nitrogens with two attached hydrogens (primary N) is 1. The van der Waals surface area contributed by atoms with Crippen molar-refractivity contribution in [3.8, 4) is 10.4 Å². The average molecular weight is 499 g/mol. The van der Waals surface area contributed by atoms with Gasteiger partial charge in [-0.1, -0.05) is 23.5 Å². The molecule has 4 aromatic rings. The number of hydrogen-bond donors (Lipinski definition) is 2. The zero-order valence-electron chi connectivity index (χ0n) is 18.5. The lowest BCUT2D eigenvalue weighted by Crippen LogP contribution is -2.40. The number of imidazole rings is 1. The fraction of sp³-hybridized carbons (Fsp3) is 0.304. The summed E-state index contributed by atoms with van der Waals surface area (Å²) in [5, 5.41) is 5.04. The van der Waals surface area contributed by atoms with E-state index in [-0.39, 0.29) is 29.2 Å². The Morgan fingerprint density at radius 3 is 2.91 bits per heavy atom. The van der Waals surface area contributed by atoms with Gasteiger partial charge in [0.1, 0.15) is 17.2 Å². The smallest absolute Gasteiger partial charge is 0.274 e. The van der Waals surface area contributed by atoms with Crippen LogP contribution in [0.3, 0.4) is 0 Å². The number of nitrogens with one attached hydrogen (secondary N) is 1. The molecule has 176 valence electrons. The van der Waals surface area contributed by atoms with Crippen molar-refractivity contribution in [2.45, 2.75) is 19.8 Å². The normalized spacial score (nSPS) is 13.4. The quantitative estimate of drug-likeness (QED) is 0.384. The standard InChI is InChI=1S/C23H23FN6O2S2/c1-13-18(30-9-10-33-23(30)27-13)20(31)26-7-8-29(12-14-5-6-14)21(32)17-19(34-22(25)28-17)15-3-2-4-16(24)11-15/h2-4,9-11,14H,5-8,12H2,1H3,(H2,25,28)(H,26,31). The van der Waals surface area contributed by atoms with Crippen LogP contribution >= 0.6 is 22.7 Å². The van der Waals surface area contributed by atoms with Gasteiger partial charge < -0.3 is 16.0 Å². The van der Waals surface area contributed by atoms with Gasteiger partial charge in [-0.15, -0.1) is 11.3 Å². The Kier molecular flexibility index (Phi) is 6.05. The summed E-state index contributed by atoms with van der Waals surface area (Å²) in [7, 11) is 0. The second-order valence-electron chi connectivity index (χ2n) is 8.29. The molecule has 0 atom stereocenters. The van der Waals surface area contributed by atoms with Crippen molar-refractivity contribution in [2.75, 3.05) is 25.4 Å². The number of aryl methyl sites for hydroxylation is 1. The first kappa shape index (κ1) is 22.5. The Labute approximate surface area is 203 Å². The number of nitrogens with zero attached hydrogens (tertiary/aromatic N) is 4. The van der Waals surface area contributed by atoms with Gasteiger partial charge >= 0.3 is 0 Å². The van der Waals surface area contributed by atoms with Gasteiger partial charge in [0.25, 0.3) is 11.8 Å². The molecule has 3 aromatic heterocycles. The molecule has 0 saturated heterocycles. The van der Waals surface area contributed by atoms with Crippen LogP contribution in [-0.4, -0.2) is 50.7 Å². The lowest BCUT2D eigenvalue weighted by molar-refractivity contribution is 0.0736. The maximum atomic E-state index is 13.8. The van der Waals surface area contributed by atoms with E-state index in [1.54, 1.807) is 28.4 Å². The summed E-state index contributed by atoms with van der Waals surface area (Å²) in [6.07, 6.45) is 3.95. The summed E-state index contributed by atoms with van der Waals surface area (Å²) in [5.74, 6) is -0.458. The minimum absolute atomic E-state index is 0.215. The number of aromatic nitrogens is 3. The third-order valence-corrected chi connectivity index (χ3v) is 7.40. The number of nitrogen functional groups attached to an aromatic ring is 1. The number of benzene rings is 1. The molecule has 1 aliphatic carbocycles. The molecule has 11 heteroatoms. The van der Waals surface area contributed by atoms with Crippen molar-refractivity contribution in [2.24, 2.45) is 5.92 Å². The highest BCUT2D eigenvalue weighted by Crippen LogP contribution is 2.34. The summed E-state index contributed by atoms with van der Waals surface area (Å²) in [6, 6.07) is 6.05. The maximum absolute atomic E-state index is 13.8. The van der Waals surface area contributed by atoms with Crippen molar-refractivity contribution in [3.63, 3.8) is 0 Å². The molecule has 0 aliphatic heterocycles. The van der Waals surface area contributed by atoms with Gasteiger partial charge in [0.15, 0.2) is 10.1 Å². The molecule has 34 heavy (non-hydrogen) atoms. The van der Waals surface area contributed by atoms with E-state index in [2.05, 4.69) is 15.3 Å². The SMILES string of the molecule is Cc1nc2sccn2c1C(=O)NCCN(CC1CC1)C(=O)c1nc(N)sc1-c1cccc(F)c1. The number of halogens is 1. The van der Waals surface area contributed by atoms with Gasteiger partial charge in [-0.2, -0.15) is 0 Å². The molecule has 0 unspecified atom stereocenters. The summed E-state index contributed by atoms with van der Waals surface area (Å²) in [4.78, 5) is 38.0. The minimum atomic E-state index is -0.393. The van der Waals surface area contributed by atoms with Crippen LogP contribution in [0.15, 0.2) is 35.8 Å². The van der Waals surface area contributed by atoms with E-state index in [1.165, 1.54) is 23.5 Å². The molecular weight excluding hydrogens is 475 g/mol. The summed E-state index contributed by atoms with van der Waals surface area (Å²) in [5.41, 5.74) is 7.86. The lowest BCUT2D eigenvalue weighted by atomic mass is 10.1. The van der Waals surface area contributed by atoms with Crippen LogP contribution in [0.2, 0.25) is 0 Å². The molecule has 3 heterocycles. The average Bonchev–Trinajstić information content (AvgIpc) is 3.21. The molecule has 0 spiro atoms. The predicted molar refractivity (Wildman–Crippen MR) is 131 cm³/mol. The Balaban J connectivity index is 1.32. The number of anilines is 1. The third kappa shape index (κ3) is 4.53. The molecule has 1 aromatic carbocycles. The summed E-state index contributed by atoms with van der Waals surface area (Å²) >= 11 is 2.63. The van der Waals surface area contributed by atoms with E-state index in [1.807, 2.05) is 11.6 Å². The number of thiazole rings is 2. The van der Waals surface area contributed by atoms with Crippen molar-refractivity contribution in [1.29, 1.82) is 0 Å². The molecule has 3 N–H and O–H groups in total. The predicted octanol–water partition coefficient (Wildman–Crippen LogP) is 3.83. The molecule has 8 nitrogen and oxygen atoms in total. The van der Waals surface area contributed by atoms with Crippen molar-refractivity contribution in [1.82, 2.24) is 24.6 Å². The third-order valence-electron chi connectivity index (χ3n) is 5.71. The maximum Gasteiger partial charge on any atom is 0.274 e. The van der Waals surface area contributed by atoms with E-state index >= 15 is 0 Å². The zero-order valence-corrected chi connectivity index (χ0v) is 20.1. The fourth-order valence-electron chi connectivity index (χ4n) is 3.90. The van der Waals surface area contributed by atoms with E-state index in [4.69, 9.17) is 5.73 Å². The molecule has 5 rings (SSSR count). The van der Waals surface area contributed by atoms with Gasteiger partial charge in [-0.3, -0.25) is 14.0 Å². The van der Waals surface area contributed by atoms with Gasteiger partial charge in [-0.25, -0.2) is 14.4 Å². The van der Waals surface area contributed by atoms with E-state index in [9.17, 15) is 14.0 Å². The first-order chi connectivity index (χ1) is 16.4. The van der Waals surface area contributed by atoms with Crippen LogP contribution < -0.4 is 11.1 Å². The topological polar surface area (TPSA) is 106 Å². The molecule has 1 fully saturated rings. The van der Waals surface area contributed by atoms with Crippen LogP contribution in [0, 0.1) is 18.7 Å². The van der Waals surface area contributed by atoms with Crippen molar-refractivity contribution < 1.29 is 14.0 Å². The molecule has 2 amide bonds. The van der Waals surface area contributed by atoms with Crippen molar-refractivity contribution >= 4 is 44.6 Å². The van der Waals surface area contributed by atoms with Gasteiger partial charge in [-0.05, 0) is 43.4 Å². The zero-order chi connectivity index (χ0) is 23.8. The highest BCUT2D eigenvalue weighted by Gasteiger charge is 2.30.